The Bertz CT molecular complexity index is 744. The van der Waals surface area contributed by atoms with Crippen molar-refractivity contribution < 1.29 is 14.9 Å². The molecule has 0 aliphatic heterocycles. The number of phenols is 2. The Morgan fingerprint density at radius 1 is 0.923 bits per heavy atom. The summed E-state index contributed by atoms with van der Waals surface area (Å²) in [5.74, 6) is 0.413. The molecule has 2 aromatic carbocycles. The summed E-state index contributed by atoms with van der Waals surface area (Å²) >= 11 is 0. The molecule has 0 spiro atoms. The highest BCUT2D eigenvalue weighted by Crippen LogP contribution is 2.15. The minimum Gasteiger partial charge on any atom is -0.507 e. The van der Waals surface area contributed by atoms with Crippen LogP contribution in [0.2, 0.25) is 0 Å². The summed E-state index contributed by atoms with van der Waals surface area (Å²) in [5.41, 5.74) is 1.36. The summed E-state index contributed by atoms with van der Waals surface area (Å²) in [7, 11) is 1.70. The van der Waals surface area contributed by atoms with Gasteiger partial charge in [-0.15, -0.1) is 0 Å². The molecule has 5 heteroatoms. The average Bonchev–Trinajstić information content (AvgIpc) is 2.65. The molecule has 5 nitrogen and oxygen atoms in total. The molecule has 2 atom stereocenters. The molecular formula is C21H26N2O3. The summed E-state index contributed by atoms with van der Waals surface area (Å²) in [5, 5.41) is 19.7. The minimum atomic E-state index is -0.0330. The predicted molar refractivity (Wildman–Crippen MR) is 106 cm³/mol. The first-order valence-corrected chi connectivity index (χ1v) is 8.72. The molecule has 2 rings (SSSR count). The Labute approximate surface area is 154 Å². The molecule has 0 aliphatic carbocycles. The zero-order valence-corrected chi connectivity index (χ0v) is 15.2. The van der Waals surface area contributed by atoms with Crippen LogP contribution in [0.3, 0.4) is 0 Å². The van der Waals surface area contributed by atoms with Crippen molar-refractivity contribution in [3.8, 4) is 11.5 Å². The van der Waals surface area contributed by atoms with E-state index in [1.54, 1.807) is 43.8 Å². The highest BCUT2D eigenvalue weighted by molar-refractivity contribution is 5.84. The number of aromatic hydroxyl groups is 2. The average molecular weight is 354 g/mol. The van der Waals surface area contributed by atoms with E-state index in [1.165, 1.54) is 0 Å². The number of hydrogen-bond donors (Lipinski definition) is 2. The molecule has 0 radical (unpaired) electrons. The zero-order chi connectivity index (χ0) is 18.8. The van der Waals surface area contributed by atoms with Gasteiger partial charge >= 0.3 is 0 Å². The van der Waals surface area contributed by atoms with Crippen molar-refractivity contribution in [2.24, 2.45) is 9.98 Å². The Hall–Kier alpha value is -2.66. The number of nitrogens with zero attached hydrogens (tertiary/aromatic N) is 2. The number of hydrogen-bond acceptors (Lipinski definition) is 5. The maximum absolute atomic E-state index is 9.87. The fraction of sp³-hybridized carbons (Fsp3) is 0.333. The van der Waals surface area contributed by atoms with Crippen LogP contribution < -0.4 is 0 Å². The first-order valence-electron chi connectivity index (χ1n) is 8.72. The van der Waals surface area contributed by atoms with Crippen LogP contribution in [0, 0.1) is 0 Å². The lowest BCUT2D eigenvalue weighted by Gasteiger charge is -2.13. The molecular weight excluding hydrogens is 328 g/mol. The summed E-state index contributed by atoms with van der Waals surface area (Å²) < 4.78 is 5.31. The van der Waals surface area contributed by atoms with Crippen molar-refractivity contribution in [1.82, 2.24) is 0 Å². The van der Waals surface area contributed by atoms with Crippen molar-refractivity contribution in [2.75, 3.05) is 13.7 Å². The summed E-state index contributed by atoms with van der Waals surface area (Å²) in [6.45, 7) is 2.52. The molecule has 0 bridgehead atoms. The highest BCUT2D eigenvalue weighted by atomic mass is 16.5. The molecule has 0 fully saturated rings. The lowest BCUT2D eigenvalue weighted by Crippen LogP contribution is -2.14. The summed E-state index contributed by atoms with van der Waals surface area (Å²) in [6, 6.07) is 14.1. The first-order chi connectivity index (χ1) is 12.6. The number of methoxy groups -OCH3 is 1. The quantitative estimate of drug-likeness (QED) is 0.672. The van der Waals surface area contributed by atoms with Gasteiger partial charge in [-0.05, 0) is 44.0 Å². The maximum Gasteiger partial charge on any atom is 0.124 e. The smallest absolute Gasteiger partial charge is 0.124 e. The standard InChI is InChI=1S/C21H26N2O3/c1-16(26-2)11-12-19(23-14-18-8-4-6-10-21(18)25)15-22-13-17-7-3-5-9-20(17)24/h3-10,13-14,16,19,24-25H,11-12,15H2,1-2H3. The van der Waals surface area contributed by atoms with E-state index in [0.717, 1.165) is 12.8 Å². The number of rotatable bonds is 9. The van der Waals surface area contributed by atoms with Gasteiger partial charge in [0, 0.05) is 30.7 Å². The maximum atomic E-state index is 9.87. The van der Waals surface area contributed by atoms with Crippen LogP contribution in [0.1, 0.15) is 30.9 Å². The second-order valence-electron chi connectivity index (χ2n) is 6.17. The number of aliphatic imine (C=N–C) groups is 2. The first kappa shape index (κ1) is 19.7. The van der Waals surface area contributed by atoms with Gasteiger partial charge in [-0.3, -0.25) is 9.98 Å². The molecule has 0 amide bonds. The largest absolute Gasteiger partial charge is 0.507 e. The molecule has 0 saturated carbocycles. The van der Waals surface area contributed by atoms with Gasteiger partial charge in [0.2, 0.25) is 0 Å². The van der Waals surface area contributed by atoms with Crippen LogP contribution in [-0.2, 0) is 4.74 Å². The van der Waals surface area contributed by atoms with Crippen LogP contribution >= 0.6 is 0 Å². The fourth-order valence-electron chi connectivity index (χ4n) is 2.41. The van der Waals surface area contributed by atoms with Crippen molar-refractivity contribution >= 4 is 12.4 Å². The van der Waals surface area contributed by atoms with Crippen molar-refractivity contribution in [1.29, 1.82) is 0 Å². The second-order valence-corrected chi connectivity index (χ2v) is 6.17. The van der Waals surface area contributed by atoms with E-state index in [-0.39, 0.29) is 23.6 Å². The topological polar surface area (TPSA) is 74.4 Å². The van der Waals surface area contributed by atoms with Gasteiger partial charge in [0.1, 0.15) is 11.5 Å². The molecule has 2 N–H and O–H groups in total. The molecule has 0 heterocycles. The normalized spacial score (nSPS) is 14.1. The van der Waals surface area contributed by atoms with Gasteiger partial charge < -0.3 is 14.9 Å². The summed E-state index contributed by atoms with van der Waals surface area (Å²) in [4.78, 5) is 9.04. The predicted octanol–water partition coefficient (Wildman–Crippen LogP) is 3.82. The fourth-order valence-corrected chi connectivity index (χ4v) is 2.41. The lowest BCUT2D eigenvalue weighted by atomic mass is 10.1. The van der Waals surface area contributed by atoms with Crippen LogP contribution in [0.25, 0.3) is 0 Å². The van der Waals surface area contributed by atoms with Crippen LogP contribution in [0.4, 0.5) is 0 Å². The Morgan fingerprint density at radius 3 is 2.08 bits per heavy atom. The Balaban J connectivity index is 2.05. The van der Waals surface area contributed by atoms with Gasteiger partial charge in [-0.25, -0.2) is 0 Å². The number of phenolic OH excluding ortho intramolecular Hbond substituents is 2. The van der Waals surface area contributed by atoms with E-state index in [9.17, 15) is 10.2 Å². The van der Waals surface area contributed by atoms with Crippen molar-refractivity contribution in [3.05, 3.63) is 59.7 Å². The molecule has 0 aliphatic rings. The van der Waals surface area contributed by atoms with E-state index >= 15 is 0 Å². The lowest BCUT2D eigenvalue weighted by molar-refractivity contribution is 0.107. The van der Waals surface area contributed by atoms with E-state index in [4.69, 9.17) is 4.74 Å². The number of para-hydroxylation sites is 2. The van der Waals surface area contributed by atoms with Gasteiger partial charge in [0.25, 0.3) is 0 Å². The Kier molecular flexibility index (Phi) is 7.83. The van der Waals surface area contributed by atoms with E-state index in [0.29, 0.717) is 17.7 Å². The van der Waals surface area contributed by atoms with Gasteiger partial charge in [-0.1, -0.05) is 24.3 Å². The molecule has 2 aromatic rings. The Morgan fingerprint density at radius 2 is 1.50 bits per heavy atom. The third-order valence-corrected chi connectivity index (χ3v) is 4.15. The van der Waals surface area contributed by atoms with Crippen LogP contribution in [0.5, 0.6) is 11.5 Å². The SMILES string of the molecule is COC(C)CCC(CN=Cc1ccccc1O)N=Cc1ccccc1O. The number of benzene rings is 2. The minimum absolute atomic E-state index is 0.0330. The van der Waals surface area contributed by atoms with Crippen LogP contribution in [0.15, 0.2) is 58.5 Å². The second kappa shape index (κ2) is 10.4. The zero-order valence-electron chi connectivity index (χ0n) is 15.2. The van der Waals surface area contributed by atoms with Gasteiger partial charge in [-0.2, -0.15) is 0 Å². The van der Waals surface area contributed by atoms with Gasteiger partial charge in [0.15, 0.2) is 0 Å². The van der Waals surface area contributed by atoms with E-state index < -0.39 is 0 Å². The van der Waals surface area contributed by atoms with Crippen molar-refractivity contribution in [3.63, 3.8) is 0 Å². The highest BCUT2D eigenvalue weighted by Gasteiger charge is 2.09. The van der Waals surface area contributed by atoms with E-state index in [1.807, 2.05) is 31.2 Å². The molecule has 0 aromatic heterocycles. The molecule has 0 saturated heterocycles. The van der Waals surface area contributed by atoms with Crippen molar-refractivity contribution in [2.45, 2.75) is 31.9 Å². The van der Waals surface area contributed by atoms with Gasteiger partial charge in [0.05, 0.1) is 18.7 Å². The molecule has 2 unspecified atom stereocenters. The monoisotopic (exact) mass is 354 g/mol. The summed E-state index contributed by atoms with van der Waals surface area (Å²) in [6.07, 6.45) is 5.19. The third-order valence-electron chi connectivity index (χ3n) is 4.15. The number of ether oxygens (including phenoxy) is 1. The molecule has 138 valence electrons. The molecule has 26 heavy (non-hydrogen) atoms. The third kappa shape index (κ3) is 6.33. The van der Waals surface area contributed by atoms with Crippen LogP contribution in [-0.4, -0.2) is 48.4 Å². The van der Waals surface area contributed by atoms with E-state index in [2.05, 4.69) is 9.98 Å².